The SMILES string of the molecule is Cc1ccc(C2C(=O)NC(=O)CC2C2CCCO2)cc1. The molecule has 3 unspecified atom stereocenters. The van der Waals surface area contributed by atoms with Crippen LogP contribution >= 0.6 is 0 Å². The summed E-state index contributed by atoms with van der Waals surface area (Å²) in [5.74, 6) is -0.692. The molecule has 20 heavy (non-hydrogen) atoms. The van der Waals surface area contributed by atoms with Gasteiger partial charge in [0.25, 0.3) is 0 Å². The summed E-state index contributed by atoms with van der Waals surface area (Å²) < 4.78 is 5.73. The highest BCUT2D eigenvalue weighted by Crippen LogP contribution is 2.37. The zero-order chi connectivity index (χ0) is 14.1. The molecule has 3 rings (SSSR count). The molecule has 2 aliphatic rings. The molecule has 2 amide bonds. The molecule has 2 heterocycles. The first-order valence-corrected chi connectivity index (χ1v) is 7.17. The van der Waals surface area contributed by atoms with Crippen molar-refractivity contribution in [2.45, 2.75) is 38.2 Å². The number of imide groups is 1. The quantitative estimate of drug-likeness (QED) is 0.838. The molecular formula is C16H19NO3. The third kappa shape index (κ3) is 2.48. The summed E-state index contributed by atoms with van der Waals surface area (Å²) in [5, 5.41) is 2.46. The first-order valence-electron chi connectivity index (χ1n) is 7.17. The van der Waals surface area contributed by atoms with Crippen LogP contribution in [0.1, 0.15) is 36.3 Å². The summed E-state index contributed by atoms with van der Waals surface area (Å²) in [6.45, 7) is 2.75. The normalized spacial score (nSPS) is 30.4. The number of aryl methyl sites for hydroxylation is 1. The van der Waals surface area contributed by atoms with Crippen LogP contribution in [0.15, 0.2) is 24.3 Å². The van der Waals surface area contributed by atoms with Crippen molar-refractivity contribution in [3.8, 4) is 0 Å². The topological polar surface area (TPSA) is 55.4 Å². The number of nitrogens with one attached hydrogen (secondary N) is 1. The van der Waals surface area contributed by atoms with Crippen LogP contribution in [0, 0.1) is 12.8 Å². The number of carbonyl (C=O) groups is 2. The zero-order valence-electron chi connectivity index (χ0n) is 11.6. The average Bonchev–Trinajstić information content (AvgIpc) is 2.93. The number of hydrogen-bond donors (Lipinski definition) is 1. The predicted molar refractivity (Wildman–Crippen MR) is 74.2 cm³/mol. The molecule has 4 heteroatoms. The van der Waals surface area contributed by atoms with Crippen LogP contribution in [0.25, 0.3) is 0 Å². The molecule has 106 valence electrons. The summed E-state index contributed by atoms with van der Waals surface area (Å²) in [4.78, 5) is 24.0. The average molecular weight is 273 g/mol. The second kappa shape index (κ2) is 5.37. The molecule has 1 N–H and O–H groups in total. The lowest BCUT2D eigenvalue weighted by Crippen LogP contribution is -2.47. The number of amides is 2. The second-order valence-corrected chi connectivity index (χ2v) is 5.72. The largest absolute Gasteiger partial charge is 0.378 e. The minimum Gasteiger partial charge on any atom is -0.378 e. The number of piperidine rings is 1. The van der Waals surface area contributed by atoms with Crippen molar-refractivity contribution in [3.63, 3.8) is 0 Å². The van der Waals surface area contributed by atoms with E-state index in [4.69, 9.17) is 4.74 Å². The fourth-order valence-electron chi connectivity index (χ4n) is 3.25. The number of rotatable bonds is 2. The van der Waals surface area contributed by atoms with E-state index in [-0.39, 0.29) is 29.8 Å². The molecule has 3 atom stereocenters. The van der Waals surface area contributed by atoms with E-state index in [1.54, 1.807) is 0 Å². The summed E-state index contributed by atoms with van der Waals surface area (Å²) in [7, 11) is 0. The van der Waals surface area contributed by atoms with Gasteiger partial charge in [-0.15, -0.1) is 0 Å². The van der Waals surface area contributed by atoms with Crippen molar-refractivity contribution in [1.29, 1.82) is 0 Å². The number of hydrogen-bond acceptors (Lipinski definition) is 3. The molecule has 1 aromatic rings. The van der Waals surface area contributed by atoms with Crippen LogP contribution in [-0.4, -0.2) is 24.5 Å². The van der Waals surface area contributed by atoms with E-state index < -0.39 is 0 Å². The molecule has 0 bridgehead atoms. The van der Waals surface area contributed by atoms with Gasteiger partial charge in [0.15, 0.2) is 0 Å². The third-order valence-corrected chi connectivity index (χ3v) is 4.27. The van der Waals surface area contributed by atoms with Gasteiger partial charge in [-0.2, -0.15) is 0 Å². The van der Waals surface area contributed by atoms with E-state index in [0.717, 1.165) is 30.6 Å². The number of carbonyl (C=O) groups excluding carboxylic acids is 2. The summed E-state index contributed by atoms with van der Waals surface area (Å²) >= 11 is 0. The molecule has 2 aliphatic heterocycles. The molecule has 0 aliphatic carbocycles. The van der Waals surface area contributed by atoms with Crippen molar-refractivity contribution in [2.24, 2.45) is 5.92 Å². The van der Waals surface area contributed by atoms with E-state index >= 15 is 0 Å². The Morgan fingerprint density at radius 1 is 1.20 bits per heavy atom. The Morgan fingerprint density at radius 3 is 2.60 bits per heavy atom. The third-order valence-electron chi connectivity index (χ3n) is 4.27. The lowest BCUT2D eigenvalue weighted by atomic mass is 9.76. The Labute approximate surface area is 118 Å². The van der Waals surface area contributed by atoms with Crippen molar-refractivity contribution in [3.05, 3.63) is 35.4 Å². The van der Waals surface area contributed by atoms with Gasteiger partial charge in [-0.1, -0.05) is 29.8 Å². The van der Waals surface area contributed by atoms with Crippen LogP contribution < -0.4 is 5.32 Å². The maximum atomic E-state index is 12.3. The zero-order valence-corrected chi connectivity index (χ0v) is 11.6. The van der Waals surface area contributed by atoms with Crippen LogP contribution in [-0.2, 0) is 14.3 Å². The minimum atomic E-state index is -0.281. The number of ether oxygens (including phenoxy) is 1. The summed E-state index contributed by atoms with van der Waals surface area (Å²) in [6.07, 6.45) is 2.34. The van der Waals surface area contributed by atoms with Crippen LogP contribution in [0.5, 0.6) is 0 Å². The highest BCUT2D eigenvalue weighted by atomic mass is 16.5. The molecule has 2 saturated heterocycles. The lowest BCUT2D eigenvalue weighted by molar-refractivity contribution is -0.138. The Balaban J connectivity index is 1.92. The van der Waals surface area contributed by atoms with Crippen molar-refractivity contribution in [2.75, 3.05) is 6.61 Å². The van der Waals surface area contributed by atoms with Gasteiger partial charge in [0.2, 0.25) is 11.8 Å². The molecule has 0 aromatic heterocycles. The van der Waals surface area contributed by atoms with Crippen molar-refractivity contribution >= 4 is 11.8 Å². The molecule has 2 fully saturated rings. The molecular weight excluding hydrogens is 254 g/mol. The smallest absolute Gasteiger partial charge is 0.234 e. The highest BCUT2D eigenvalue weighted by molar-refractivity contribution is 6.01. The fraction of sp³-hybridized carbons (Fsp3) is 0.500. The Kier molecular flexibility index (Phi) is 3.57. The maximum absolute atomic E-state index is 12.3. The Morgan fingerprint density at radius 2 is 1.95 bits per heavy atom. The van der Waals surface area contributed by atoms with Crippen LogP contribution in [0.4, 0.5) is 0 Å². The Bertz CT molecular complexity index is 517. The Hall–Kier alpha value is -1.68. The minimum absolute atomic E-state index is 0.0244. The van der Waals surface area contributed by atoms with E-state index in [1.807, 2.05) is 31.2 Å². The first kappa shape index (κ1) is 13.3. The molecule has 0 spiro atoms. The first-order chi connectivity index (χ1) is 9.65. The van der Waals surface area contributed by atoms with Gasteiger partial charge in [0, 0.05) is 18.9 Å². The van der Waals surface area contributed by atoms with Crippen molar-refractivity contribution in [1.82, 2.24) is 5.32 Å². The van der Waals surface area contributed by atoms with Gasteiger partial charge in [-0.3, -0.25) is 14.9 Å². The molecule has 1 aromatic carbocycles. The van der Waals surface area contributed by atoms with Crippen LogP contribution in [0.3, 0.4) is 0 Å². The maximum Gasteiger partial charge on any atom is 0.234 e. The van der Waals surface area contributed by atoms with Gasteiger partial charge in [0.05, 0.1) is 12.0 Å². The summed E-state index contributed by atoms with van der Waals surface area (Å²) in [5.41, 5.74) is 2.14. The van der Waals surface area contributed by atoms with E-state index in [0.29, 0.717) is 6.42 Å². The van der Waals surface area contributed by atoms with Crippen molar-refractivity contribution < 1.29 is 14.3 Å². The van der Waals surface area contributed by atoms with Gasteiger partial charge in [-0.05, 0) is 25.3 Å². The summed E-state index contributed by atoms with van der Waals surface area (Å²) in [6, 6.07) is 7.98. The second-order valence-electron chi connectivity index (χ2n) is 5.72. The van der Waals surface area contributed by atoms with Crippen LogP contribution in [0.2, 0.25) is 0 Å². The van der Waals surface area contributed by atoms with E-state index in [2.05, 4.69) is 5.32 Å². The highest BCUT2D eigenvalue weighted by Gasteiger charge is 2.42. The predicted octanol–water partition coefficient (Wildman–Crippen LogP) is 1.92. The van der Waals surface area contributed by atoms with E-state index in [9.17, 15) is 9.59 Å². The molecule has 4 nitrogen and oxygen atoms in total. The van der Waals surface area contributed by atoms with Gasteiger partial charge in [-0.25, -0.2) is 0 Å². The fourth-order valence-corrected chi connectivity index (χ4v) is 3.25. The lowest BCUT2D eigenvalue weighted by Gasteiger charge is -2.33. The number of benzene rings is 1. The molecule has 0 saturated carbocycles. The van der Waals surface area contributed by atoms with Gasteiger partial charge >= 0.3 is 0 Å². The van der Waals surface area contributed by atoms with Gasteiger partial charge in [0.1, 0.15) is 0 Å². The van der Waals surface area contributed by atoms with Gasteiger partial charge < -0.3 is 4.74 Å². The molecule has 0 radical (unpaired) electrons. The monoisotopic (exact) mass is 273 g/mol. The van der Waals surface area contributed by atoms with E-state index in [1.165, 1.54) is 0 Å². The standard InChI is InChI=1S/C16H19NO3/c1-10-4-6-11(7-5-10)15-12(13-3-2-8-20-13)9-14(18)17-16(15)19/h4-7,12-13,15H,2-3,8-9H2,1H3,(H,17,18,19).